The molecule has 0 unspecified atom stereocenters. The molecule has 0 saturated carbocycles. The Hall–Kier alpha value is -3.14. The number of rotatable bonds is 5. The minimum atomic E-state index is -4.52. The first-order chi connectivity index (χ1) is 14.2. The van der Waals surface area contributed by atoms with Crippen LogP contribution in [0.25, 0.3) is 6.08 Å². The molecular formula is C20H15F4N3O2S. The number of nitrogens with one attached hydrogen (secondary N) is 1. The van der Waals surface area contributed by atoms with E-state index in [2.05, 4.69) is 4.99 Å². The molecule has 0 bridgehead atoms. The summed E-state index contributed by atoms with van der Waals surface area (Å²) in [5.41, 5.74) is 1.13. The Balaban J connectivity index is 1.82. The van der Waals surface area contributed by atoms with E-state index in [1.807, 2.05) is 6.07 Å². The van der Waals surface area contributed by atoms with Gasteiger partial charge in [0, 0.05) is 0 Å². The van der Waals surface area contributed by atoms with Gasteiger partial charge in [-0.25, -0.2) is 9.38 Å². The standard InChI is InChI=1S/C20H15F4N3O2S/c21-14-6-8-15(9-7-14)27-18(29)16(10-13-4-2-1-3-5-13)26-19(27)30-11-17(28)25-12-20(22,23)24/h1-10H,11-12H2,(H,25,28)/b16-10-. The molecule has 0 radical (unpaired) electrons. The molecule has 0 fully saturated rings. The van der Waals surface area contributed by atoms with E-state index in [0.29, 0.717) is 5.69 Å². The van der Waals surface area contributed by atoms with Crippen molar-refractivity contribution in [1.82, 2.24) is 5.32 Å². The van der Waals surface area contributed by atoms with Crippen molar-refractivity contribution in [1.29, 1.82) is 0 Å². The molecule has 30 heavy (non-hydrogen) atoms. The van der Waals surface area contributed by atoms with Crippen molar-refractivity contribution in [3.05, 3.63) is 71.7 Å². The minimum Gasteiger partial charge on any atom is -0.346 e. The monoisotopic (exact) mass is 437 g/mol. The molecule has 5 nitrogen and oxygen atoms in total. The number of hydrogen-bond acceptors (Lipinski definition) is 4. The van der Waals surface area contributed by atoms with Crippen LogP contribution in [-0.4, -0.2) is 35.5 Å². The van der Waals surface area contributed by atoms with Crippen LogP contribution in [0.2, 0.25) is 0 Å². The quantitative estimate of drug-likeness (QED) is 0.569. The molecule has 10 heteroatoms. The number of amidine groups is 1. The van der Waals surface area contributed by atoms with Crippen LogP contribution in [0.4, 0.5) is 23.2 Å². The van der Waals surface area contributed by atoms with Gasteiger partial charge < -0.3 is 5.32 Å². The third-order valence-corrected chi connectivity index (χ3v) is 4.77. The third-order valence-electron chi connectivity index (χ3n) is 3.84. The van der Waals surface area contributed by atoms with E-state index in [1.165, 1.54) is 29.2 Å². The van der Waals surface area contributed by atoms with Crippen LogP contribution in [0.3, 0.4) is 0 Å². The highest BCUT2D eigenvalue weighted by Gasteiger charge is 2.33. The van der Waals surface area contributed by atoms with E-state index in [4.69, 9.17) is 0 Å². The smallest absolute Gasteiger partial charge is 0.346 e. The Morgan fingerprint density at radius 1 is 1.10 bits per heavy atom. The van der Waals surface area contributed by atoms with Gasteiger partial charge in [0.25, 0.3) is 5.91 Å². The van der Waals surface area contributed by atoms with Crippen LogP contribution in [-0.2, 0) is 9.59 Å². The van der Waals surface area contributed by atoms with Crippen LogP contribution in [0.5, 0.6) is 0 Å². The molecule has 3 rings (SSSR count). The number of hydrogen-bond donors (Lipinski definition) is 1. The van der Waals surface area contributed by atoms with Crippen molar-refractivity contribution in [2.75, 3.05) is 17.2 Å². The highest BCUT2D eigenvalue weighted by atomic mass is 32.2. The second-order valence-corrected chi connectivity index (χ2v) is 7.07. The summed E-state index contributed by atoms with van der Waals surface area (Å²) in [6.45, 7) is -1.45. The molecule has 1 aliphatic rings. The van der Waals surface area contributed by atoms with Gasteiger partial charge in [-0.3, -0.25) is 14.5 Å². The van der Waals surface area contributed by atoms with Crippen LogP contribution in [0.1, 0.15) is 5.56 Å². The average molecular weight is 437 g/mol. The topological polar surface area (TPSA) is 61.8 Å². The number of thioether (sulfide) groups is 1. The predicted octanol–water partition coefficient (Wildman–Crippen LogP) is 3.98. The molecule has 2 aromatic carbocycles. The van der Waals surface area contributed by atoms with E-state index in [-0.39, 0.29) is 16.6 Å². The SMILES string of the molecule is O=C(CSC1=N/C(=C\c2ccccc2)C(=O)N1c1ccc(F)cc1)NCC(F)(F)F. The molecule has 1 heterocycles. The fraction of sp³-hybridized carbons (Fsp3) is 0.150. The highest BCUT2D eigenvalue weighted by molar-refractivity contribution is 8.14. The number of anilines is 1. The Morgan fingerprint density at radius 2 is 1.77 bits per heavy atom. The van der Waals surface area contributed by atoms with Crippen molar-refractivity contribution in [2.24, 2.45) is 4.99 Å². The van der Waals surface area contributed by atoms with Gasteiger partial charge in [-0.2, -0.15) is 13.2 Å². The van der Waals surface area contributed by atoms with Crippen molar-refractivity contribution in [2.45, 2.75) is 6.18 Å². The summed E-state index contributed by atoms with van der Waals surface area (Å²) in [6.07, 6.45) is -2.97. The number of aliphatic imine (C=N–C) groups is 1. The second kappa shape index (κ2) is 9.12. The molecule has 0 aliphatic carbocycles. The fourth-order valence-electron chi connectivity index (χ4n) is 2.50. The molecule has 2 aromatic rings. The number of carbonyl (C=O) groups excluding carboxylic acids is 2. The van der Waals surface area contributed by atoms with Crippen LogP contribution in [0, 0.1) is 5.82 Å². The zero-order chi connectivity index (χ0) is 21.7. The number of carbonyl (C=O) groups is 2. The average Bonchev–Trinajstić information content (AvgIpc) is 3.01. The molecule has 2 amide bonds. The third kappa shape index (κ3) is 5.69. The van der Waals surface area contributed by atoms with Crippen LogP contribution in [0.15, 0.2) is 65.3 Å². The maximum Gasteiger partial charge on any atom is 0.405 e. The molecule has 156 valence electrons. The van der Waals surface area contributed by atoms with Crippen molar-refractivity contribution in [3.8, 4) is 0 Å². The number of amides is 2. The highest BCUT2D eigenvalue weighted by Crippen LogP contribution is 2.29. The van der Waals surface area contributed by atoms with Crippen LogP contribution < -0.4 is 10.2 Å². The summed E-state index contributed by atoms with van der Waals surface area (Å²) in [7, 11) is 0. The molecule has 1 N–H and O–H groups in total. The lowest BCUT2D eigenvalue weighted by molar-refractivity contribution is -0.136. The van der Waals surface area contributed by atoms with E-state index in [1.54, 1.807) is 35.7 Å². The normalized spacial score (nSPS) is 15.5. The first kappa shape index (κ1) is 21.6. The zero-order valence-corrected chi connectivity index (χ0v) is 16.1. The maximum atomic E-state index is 13.3. The first-order valence-corrected chi connectivity index (χ1v) is 9.63. The largest absolute Gasteiger partial charge is 0.405 e. The van der Waals surface area contributed by atoms with Gasteiger partial charge in [0.1, 0.15) is 18.1 Å². The number of halogens is 4. The summed E-state index contributed by atoms with van der Waals surface area (Å²) in [5, 5.41) is 1.87. The van der Waals surface area contributed by atoms with E-state index in [9.17, 15) is 27.2 Å². The van der Waals surface area contributed by atoms with Gasteiger partial charge in [-0.15, -0.1) is 0 Å². The lowest BCUT2D eigenvalue weighted by Crippen LogP contribution is -2.36. The van der Waals surface area contributed by atoms with E-state index in [0.717, 1.165) is 17.3 Å². The van der Waals surface area contributed by atoms with Gasteiger partial charge in [-0.05, 0) is 35.9 Å². The van der Waals surface area contributed by atoms with E-state index >= 15 is 0 Å². The molecule has 0 spiro atoms. The Labute approximate surface area is 173 Å². The van der Waals surface area contributed by atoms with Gasteiger partial charge in [0.05, 0.1) is 11.4 Å². The van der Waals surface area contributed by atoms with Gasteiger partial charge >= 0.3 is 6.18 Å². The fourth-order valence-corrected chi connectivity index (χ4v) is 3.34. The molecule has 0 aromatic heterocycles. The lowest BCUT2D eigenvalue weighted by Gasteiger charge is -2.17. The minimum absolute atomic E-state index is 0.0868. The number of nitrogens with zero attached hydrogens (tertiary/aromatic N) is 2. The molecular weight excluding hydrogens is 422 g/mol. The second-order valence-electron chi connectivity index (χ2n) is 6.13. The molecule has 1 aliphatic heterocycles. The summed E-state index contributed by atoms with van der Waals surface area (Å²) >= 11 is 0.809. The van der Waals surface area contributed by atoms with Crippen molar-refractivity contribution >= 4 is 40.5 Å². The first-order valence-electron chi connectivity index (χ1n) is 8.65. The summed E-state index contributed by atoms with van der Waals surface area (Å²) < 4.78 is 50.0. The van der Waals surface area contributed by atoms with Gasteiger partial charge in [-0.1, -0.05) is 42.1 Å². The Kier molecular flexibility index (Phi) is 6.56. The molecule has 0 atom stereocenters. The predicted molar refractivity (Wildman–Crippen MR) is 107 cm³/mol. The summed E-state index contributed by atoms with van der Waals surface area (Å²) in [6, 6.07) is 14.0. The van der Waals surface area contributed by atoms with E-state index < -0.39 is 30.4 Å². The van der Waals surface area contributed by atoms with Gasteiger partial charge in [0.2, 0.25) is 5.91 Å². The number of benzene rings is 2. The Bertz CT molecular complexity index is 989. The number of alkyl halides is 3. The maximum absolute atomic E-state index is 13.3. The van der Waals surface area contributed by atoms with Crippen molar-refractivity contribution in [3.63, 3.8) is 0 Å². The van der Waals surface area contributed by atoms with Gasteiger partial charge in [0.15, 0.2) is 5.17 Å². The lowest BCUT2D eigenvalue weighted by atomic mass is 10.2. The summed E-state index contributed by atoms with van der Waals surface area (Å²) in [5.74, 6) is -2.22. The Morgan fingerprint density at radius 3 is 2.40 bits per heavy atom. The molecule has 0 saturated heterocycles. The van der Waals surface area contributed by atoms with Crippen molar-refractivity contribution < 1.29 is 27.2 Å². The van der Waals surface area contributed by atoms with Crippen LogP contribution >= 0.6 is 11.8 Å². The summed E-state index contributed by atoms with van der Waals surface area (Å²) in [4.78, 5) is 30.1. The zero-order valence-electron chi connectivity index (χ0n) is 15.3.